The zero-order valence-corrected chi connectivity index (χ0v) is 17.7. The second kappa shape index (κ2) is 11.0. The maximum absolute atomic E-state index is 12.2. The number of carbonyl (C=O) groups excluding carboxylic acids is 2. The Morgan fingerprint density at radius 1 is 1.12 bits per heavy atom. The lowest BCUT2D eigenvalue weighted by molar-refractivity contribution is -0.345. The minimum absolute atomic E-state index is 0.132. The van der Waals surface area contributed by atoms with E-state index in [0.29, 0.717) is 0 Å². The molecule has 182 valence electrons. The number of aliphatic hydroxyl groups excluding tert-OH is 4. The fourth-order valence-corrected chi connectivity index (χ4v) is 3.79. The van der Waals surface area contributed by atoms with Gasteiger partial charge in [0.15, 0.2) is 6.29 Å². The highest BCUT2D eigenvalue weighted by atomic mass is 16.8. The van der Waals surface area contributed by atoms with Gasteiger partial charge in [-0.15, -0.1) is 0 Å². The van der Waals surface area contributed by atoms with E-state index in [2.05, 4.69) is 4.74 Å². The fraction of sp³-hybridized carbons (Fsp3) is 0.737. The molecule has 0 saturated carbocycles. The van der Waals surface area contributed by atoms with E-state index in [1.165, 1.54) is 6.92 Å². The van der Waals surface area contributed by atoms with Gasteiger partial charge in [-0.1, -0.05) is 0 Å². The molecule has 32 heavy (non-hydrogen) atoms. The number of carboxylic acids is 1. The first-order valence-corrected chi connectivity index (χ1v) is 9.80. The van der Waals surface area contributed by atoms with Crippen LogP contribution in [0.4, 0.5) is 0 Å². The maximum atomic E-state index is 12.2. The number of rotatable bonds is 8. The van der Waals surface area contributed by atoms with Crippen molar-refractivity contribution in [2.45, 2.75) is 63.4 Å². The molecule has 0 aromatic carbocycles. The van der Waals surface area contributed by atoms with Gasteiger partial charge in [0.1, 0.15) is 30.5 Å². The predicted octanol–water partition coefficient (Wildman–Crippen LogP) is -2.13. The molecule has 9 atom stereocenters. The van der Waals surface area contributed by atoms with Gasteiger partial charge in [-0.05, 0) is 6.92 Å². The molecule has 2 heterocycles. The lowest BCUT2D eigenvalue weighted by Gasteiger charge is -2.44. The van der Waals surface area contributed by atoms with Gasteiger partial charge in [0.05, 0.1) is 37.9 Å². The summed E-state index contributed by atoms with van der Waals surface area (Å²) in [5.41, 5.74) is -0.132. The number of methoxy groups -OCH3 is 1. The van der Waals surface area contributed by atoms with E-state index in [0.717, 1.165) is 20.3 Å². The van der Waals surface area contributed by atoms with E-state index in [1.807, 2.05) is 0 Å². The third kappa shape index (κ3) is 5.74. The number of esters is 2. The first-order chi connectivity index (χ1) is 15.0. The van der Waals surface area contributed by atoms with Crippen LogP contribution in [0.3, 0.4) is 0 Å². The molecule has 1 unspecified atom stereocenters. The molecule has 2 aliphatic heterocycles. The number of ether oxygens (including phenoxy) is 5. The van der Waals surface area contributed by atoms with Gasteiger partial charge in [-0.2, -0.15) is 0 Å². The van der Waals surface area contributed by atoms with Crippen molar-refractivity contribution < 1.29 is 63.6 Å². The average molecular weight is 464 g/mol. The molecule has 13 heteroatoms. The van der Waals surface area contributed by atoms with Gasteiger partial charge < -0.3 is 49.2 Å². The van der Waals surface area contributed by atoms with Crippen molar-refractivity contribution in [1.29, 1.82) is 0 Å². The van der Waals surface area contributed by atoms with Crippen molar-refractivity contribution in [3.63, 3.8) is 0 Å². The van der Waals surface area contributed by atoms with Crippen molar-refractivity contribution >= 4 is 17.9 Å². The molecule has 2 rings (SSSR count). The van der Waals surface area contributed by atoms with Crippen LogP contribution < -0.4 is 0 Å². The first kappa shape index (κ1) is 26.0. The van der Waals surface area contributed by atoms with Gasteiger partial charge in [-0.3, -0.25) is 9.59 Å². The van der Waals surface area contributed by atoms with E-state index in [-0.39, 0.29) is 5.57 Å². The predicted molar refractivity (Wildman–Crippen MR) is 100 cm³/mol. The number of aliphatic hydroxyl groups is 4. The van der Waals surface area contributed by atoms with Crippen molar-refractivity contribution in [2.24, 2.45) is 11.8 Å². The molecular formula is C19H28O13. The standard InChI is InChI=1S/C19H28O13/c1-7(30-8(2)21)13-9(4-12(22)23)10(17(27)28-3)6-29-18(13)32-19-16(26)15(25)14(24)11(5-20)31-19/h6-7,9,11,13-16,18-20,24-26H,4-5H2,1-3H3,(H,22,23)/t7-,9+,11+,13?,14+,15-,16+,18-,19-/m0/s1. The van der Waals surface area contributed by atoms with E-state index >= 15 is 0 Å². The molecule has 0 radical (unpaired) electrons. The molecule has 0 aromatic rings. The van der Waals surface area contributed by atoms with E-state index in [4.69, 9.17) is 18.9 Å². The Balaban J connectivity index is 2.39. The number of carboxylic acid groups (broad SMARTS) is 1. The van der Waals surface area contributed by atoms with Gasteiger partial charge in [-0.25, -0.2) is 4.79 Å². The van der Waals surface area contributed by atoms with Crippen LogP contribution in [0.1, 0.15) is 20.3 Å². The average Bonchev–Trinajstić information content (AvgIpc) is 2.72. The molecule has 0 aromatic heterocycles. The molecule has 2 aliphatic rings. The van der Waals surface area contributed by atoms with Gasteiger partial charge in [0, 0.05) is 12.8 Å². The second-order valence-electron chi connectivity index (χ2n) is 7.50. The molecule has 13 nitrogen and oxygen atoms in total. The Morgan fingerprint density at radius 2 is 1.78 bits per heavy atom. The summed E-state index contributed by atoms with van der Waals surface area (Å²) in [6, 6.07) is 0. The minimum atomic E-state index is -1.76. The van der Waals surface area contributed by atoms with Gasteiger partial charge in [0.25, 0.3) is 0 Å². The van der Waals surface area contributed by atoms with Crippen molar-refractivity contribution in [3.8, 4) is 0 Å². The fourth-order valence-electron chi connectivity index (χ4n) is 3.79. The highest BCUT2D eigenvalue weighted by Gasteiger charge is 2.50. The van der Waals surface area contributed by atoms with Crippen LogP contribution >= 0.6 is 0 Å². The molecule has 0 bridgehead atoms. The van der Waals surface area contributed by atoms with Crippen LogP contribution in [-0.2, 0) is 38.1 Å². The monoisotopic (exact) mass is 464 g/mol. The maximum Gasteiger partial charge on any atom is 0.337 e. The Bertz CT molecular complexity index is 720. The van der Waals surface area contributed by atoms with Gasteiger partial charge in [0.2, 0.25) is 6.29 Å². The normalized spacial score (nSPS) is 35.8. The largest absolute Gasteiger partial charge is 0.481 e. The molecule has 1 fully saturated rings. The third-order valence-corrected chi connectivity index (χ3v) is 5.33. The van der Waals surface area contributed by atoms with E-state index < -0.39 is 85.9 Å². The highest BCUT2D eigenvalue weighted by molar-refractivity contribution is 5.89. The van der Waals surface area contributed by atoms with Crippen molar-refractivity contribution in [2.75, 3.05) is 13.7 Å². The molecule has 0 spiro atoms. The summed E-state index contributed by atoms with van der Waals surface area (Å²) >= 11 is 0. The van der Waals surface area contributed by atoms with Crippen LogP contribution in [0.2, 0.25) is 0 Å². The topological polar surface area (TPSA) is 199 Å². The summed E-state index contributed by atoms with van der Waals surface area (Å²) in [7, 11) is 1.10. The summed E-state index contributed by atoms with van der Waals surface area (Å²) in [6.07, 6.45) is -10.0. The quantitative estimate of drug-likeness (QED) is 0.244. The van der Waals surface area contributed by atoms with E-state index in [1.54, 1.807) is 0 Å². The zero-order chi connectivity index (χ0) is 24.2. The van der Waals surface area contributed by atoms with Crippen molar-refractivity contribution in [1.82, 2.24) is 0 Å². The lowest BCUT2D eigenvalue weighted by atomic mass is 9.78. The summed E-state index contributed by atoms with van der Waals surface area (Å²) < 4.78 is 26.3. The number of carbonyl (C=O) groups is 3. The molecular weight excluding hydrogens is 436 g/mol. The van der Waals surface area contributed by atoms with Crippen molar-refractivity contribution in [3.05, 3.63) is 11.8 Å². The lowest BCUT2D eigenvalue weighted by Crippen LogP contribution is -2.60. The minimum Gasteiger partial charge on any atom is -0.481 e. The smallest absolute Gasteiger partial charge is 0.337 e. The Morgan fingerprint density at radius 3 is 2.31 bits per heavy atom. The molecule has 1 saturated heterocycles. The van der Waals surface area contributed by atoms with Crippen LogP contribution in [-0.4, -0.2) is 100 Å². The SMILES string of the molecule is COC(=O)C1=CO[C@@H](O[C@@H]2O[C@H](CO)[C@@H](O)[C@H](O)[C@H]2O)C([C@H](C)OC(C)=O)[C@@H]1CC(=O)O. The summed E-state index contributed by atoms with van der Waals surface area (Å²) in [6.45, 7) is 1.88. The number of hydrogen-bond acceptors (Lipinski definition) is 12. The summed E-state index contributed by atoms with van der Waals surface area (Å²) in [5.74, 6) is -4.98. The molecule has 0 amide bonds. The number of aliphatic carboxylic acids is 1. The molecule has 0 aliphatic carbocycles. The van der Waals surface area contributed by atoms with Crippen LogP contribution in [0.25, 0.3) is 0 Å². The molecule has 5 N–H and O–H groups in total. The van der Waals surface area contributed by atoms with Crippen LogP contribution in [0.5, 0.6) is 0 Å². The number of hydrogen-bond donors (Lipinski definition) is 5. The van der Waals surface area contributed by atoms with Crippen LogP contribution in [0, 0.1) is 11.8 Å². The van der Waals surface area contributed by atoms with E-state index in [9.17, 15) is 39.9 Å². The summed E-state index contributed by atoms with van der Waals surface area (Å²) in [5, 5.41) is 48.9. The summed E-state index contributed by atoms with van der Waals surface area (Å²) in [4.78, 5) is 35.2. The Labute approximate surface area is 183 Å². The zero-order valence-electron chi connectivity index (χ0n) is 17.7. The third-order valence-electron chi connectivity index (χ3n) is 5.33. The van der Waals surface area contributed by atoms with Crippen LogP contribution in [0.15, 0.2) is 11.8 Å². The first-order valence-electron chi connectivity index (χ1n) is 9.80. The Kier molecular flexibility index (Phi) is 8.95. The highest BCUT2D eigenvalue weighted by Crippen LogP contribution is 2.39. The second-order valence-corrected chi connectivity index (χ2v) is 7.50. The van der Waals surface area contributed by atoms with Gasteiger partial charge >= 0.3 is 17.9 Å². The Hall–Kier alpha value is -2.29.